The average Bonchev–Trinajstić information content (AvgIpc) is 3.30. The second-order valence-electron chi connectivity index (χ2n) is 6.60. The van der Waals surface area contributed by atoms with Gasteiger partial charge in [0.05, 0.1) is 39.1 Å². The molecule has 0 radical (unpaired) electrons. The highest BCUT2D eigenvalue weighted by Crippen LogP contribution is 2.31. The van der Waals surface area contributed by atoms with Crippen molar-refractivity contribution < 1.29 is 28.2 Å². The van der Waals surface area contributed by atoms with Gasteiger partial charge < -0.3 is 23.9 Å². The Morgan fingerprint density at radius 2 is 1.70 bits per heavy atom. The average molecular weight is 472 g/mol. The van der Waals surface area contributed by atoms with Crippen molar-refractivity contribution in [3.8, 4) is 28.6 Å². The van der Waals surface area contributed by atoms with E-state index in [1.165, 1.54) is 33.6 Å². The first-order valence-corrected chi connectivity index (χ1v) is 10.1. The van der Waals surface area contributed by atoms with Crippen molar-refractivity contribution in [1.82, 2.24) is 10.7 Å². The predicted octanol–water partition coefficient (Wildman–Crippen LogP) is 3.51. The molecule has 33 heavy (non-hydrogen) atoms. The monoisotopic (exact) mass is 471 g/mol. The van der Waals surface area contributed by atoms with Crippen molar-refractivity contribution >= 4 is 29.6 Å². The van der Waals surface area contributed by atoms with Crippen LogP contribution in [0.25, 0.3) is 11.3 Å². The summed E-state index contributed by atoms with van der Waals surface area (Å²) >= 11 is 6.14. The largest absolute Gasteiger partial charge is 0.495 e. The van der Waals surface area contributed by atoms with Gasteiger partial charge in [-0.2, -0.15) is 5.10 Å². The lowest BCUT2D eigenvalue weighted by Gasteiger charge is -2.09. The number of nitrogens with one attached hydrogen (secondary N) is 2. The molecule has 0 unspecified atom stereocenters. The number of amides is 2. The lowest BCUT2D eigenvalue weighted by atomic mass is 10.2. The number of hydrogen-bond donors (Lipinski definition) is 2. The van der Waals surface area contributed by atoms with E-state index in [-0.39, 0.29) is 6.54 Å². The van der Waals surface area contributed by atoms with Gasteiger partial charge in [0.15, 0.2) is 11.5 Å². The van der Waals surface area contributed by atoms with E-state index in [0.29, 0.717) is 39.4 Å². The number of hydrogen-bond acceptors (Lipinski definition) is 7. The predicted molar refractivity (Wildman–Crippen MR) is 123 cm³/mol. The van der Waals surface area contributed by atoms with Crippen molar-refractivity contribution in [3.63, 3.8) is 0 Å². The topological polar surface area (TPSA) is 111 Å². The van der Waals surface area contributed by atoms with Crippen molar-refractivity contribution in [2.45, 2.75) is 0 Å². The molecule has 10 heteroatoms. The lowest BCUT2D eigenvalue weighted by molar-refractivity contribution is -0.120. The van der Waals surface area contributed by atoms with Gasteiger partial charge in [0.1, 0.15) is 17.3 Å². The molecular weight excluding hydrogens is 450 g/mol. The number of halogens is 1. The third kappa shape index (κ3) is 6.05. The molecule has 0 saturated carbocycles. The zero-order valence-electron chi connectivity index (χ0n) is 18.2. The van der Waals surface area contributed by atoms with Gasteiger partial charge in [-0.15, -0.1) is 0 Å². The van der Waals surface area contributed by atoms with Crippen LogP contribution in [-0.4, -0.2) is 45.9 Å². The normalized spacial score (nSPS) is 10.7. The molecule has 2 N–H and O–H groups in total. The Kier molecular flexibility index (Phi) is 7.93. The second-order valence-corrected chi connectivity index (χ2v) is 7.00. The van der Waals surface area contributed by atoms with Gasteiger partial charge in [-0.3, -0.25) is 9.59 Å². The van der Waals surface area contributed by atoms with Gasteiger partial charge in [0, 0.05) is 11.1 Å². The fourth-order valence-corrected chi connectivity index (χ4v) is 3.10. The smallest absolute Gasteiger partial charge is 0.259 e. The maximum atomic E-state index is 12.3. The van der Waals surface area contributed by atoms with Crippen LogP contribution in [0.15, 0.2) is 58.0 Å². The molecule has 2 aromatic carbocycles. The van der Waals surface area contributed by atoms with E-state index in [4.69, 9.17) is 30.2 Å². The quantitative estimate of drug-likeness (QED) is 0.365. The molecule has 9 nitrogen and oxygen atoms in total. The van der Waals surface area contributed by atoms with Crippen LogP contribution in [0.2, 0.25) is 5.02 Å². The SMILES string of the molecule is COc1ccc(-c2ccc(/C=N/NC(=O)CNC(=O)c3ccc(OC)c(OC)c3)o2)cc1Cl. The van der Waals surface area contributed by atoms with Crippen LogP contribution in [0, 0.1) is 0 Å². The van der Waals surface area contributed by atoms with Crippen LogP contribution in [0.3, 0.4) is 0 Å². The summed E-state index contributed by atoms with van der Waals surface area (Å²) in [5.41, 5.74) is 3.42. The van der Waals surface area contributed by atoms with E-state index in [0.717, 1.165) is 5.56 Å². The lowest BCUT2D eigenvalue weighted by Crippen LogP contribution is -2.34. The van der Waals surface area contributed by atoms with Gasteiger partial charge in [-0.1, -0.05) is 11.6 Å². The number of carbonyl (C=O) groups excluding carboxylic acids is 2. The molecule has 0 atom stereocenters. The molecule has 0 aliphatic carbocycles. The molecule has 3 rings (SSSR count). The first-order valence-electron chi connectivity index (χ1n) is 9.71. The zero-order chi connectivity index (χ0) is 23.8. The summed E-state index contributed by atoms with van der Waals surface area (Å²) in [7, 11) is 4.51. The number of rotatable bonds is 9. The number of carbonyl (C=O) groups is 2. The highest BCUT2D eigenvalue weighted by atomic mass is 35.5. The first-order chi connectivity index (χ1) is 15.9. The molecule has 0 saturated heterocycles. The van der Waals surface area contributed by atoms with Crippen LogP contribution >= 0.6 is 11.6 Å². The molecule has 0 bridgehead atoms. The van der Waals surface area contributed by atoms with Gasteiger partial charge in [-0.25, -0.2) is 5.43 Å². The fraction of sp³-hybridized carbons (Fsp3) is 0.174. The summed E-state index contributed by atoms with van der Waals surface area (Å²) in [5, 5.41) is 6.81. The second kappa shape index (κ2) is 11.1. The summed E-state index contributed by atoms with van der Waals surface area (Å²) in [5.74, 6) is 1.53. The van der Waals surface area contributed by atoms with E-state index in [9.17, 15) is 9.59 Å². The van der Waals surface area contributed by atoms with Crippen LogP contribution in [0.5, 0.6) is 17.2 Å². The van der Waals surface area contributed by atoms with Crippen molar-refractivity contribution in [1.29, 1.82) is 0 Å². The third-order valence-corrected chi connectivity index (χ3v) is 4.79. The van der Waals surface area contributed by atoms with Crippen LogP contribution in [-0.2, 0) is 4.79 Å². The van der Waals surface area contributed by atoms with Crippen LogP contribution in [0.4, 0.5) is 0 Å². The maximum Gasteiger partial charge on any atom is 0.259 e. The summed E-state index contributed by atoms with van der Waals surface area (Å²) in [6.45, 7) is -0.266. The summed E-state index contributed by atoms with van der Waals surface area (Å²) in [6, 6.07) is 13.4. The van der Waals surface area contributed by atoms with E-state index in [2.05, 4.69) is 15.8 Å². The van der Waals surface area contributed by atoms with Gasteiger partial charge >= 0.3 is 0 Å². The van der Waals surface area contributed by atoms with Gasteiger partial charge in [0.25, 0.3) is 11.8 Å². The summed E-state index contributed by atoms with van der Waals surface area (Å²) in [6.07, 6.45) is 1.35. The Bertz CT molecular complexity index is 1170. The minimum atomic E-state index is -0.506. The number of methoxy groups -OCH3 is 3. The fourth-order valence-electron chi connectivity index (χ4n) is 2.84. The Balaban J connectivity index is 1.51. The summed E-state index contributed by atoms with van der Waals surface area (Å²) < 4.78 is 21.1. The molecule has 0 aliphatic heterocycles. The van der Waals surface area contributed by atoms with Crippen LogP contribution < -0.4 is 25.0 Å². The van der Waals surface area contributed by atoms with Crippen molar-refractivity contribution in [3.05, 3.63) is 64.9 Å². The Morgan fingerprint density at radius 1 is 0.970 bits per heavy atom. The third-order valence-electron chi connectivity index (χ3n) is 4.50. The molecule has 1 aromatic heterocycles. The minimum Gasteiger partial charge on any atom is -0.495 e. The Morgan fingerprint density at radius 3 is 2.39 bits per heavy atom. The molecule has 1 heterocycles. The number of nitrogens with zero attached hydrogens (tertiary/aromatic N) is 1. The van der Waals surface area contributed by atoms with Crippen LogP contribution in [0.1, 0.15) is 16.1 Å². The Labute approximate surface area is 195 Å². The van der Waals surface area contributed by atoms with E-state index >= 15 is 0 Å². The maximum absolute atomic E-state index is 12.3. The van der Waals surface area contributed by atoms with Gasteiger partial charge in [0.2, 0.25) is 0 Å². The summed E-state index contributed by atoms with van der Waals surface area (Å²) in [4.78, 5) is 24.2. The number of ether oxygens (including phenoxy) is 3. The van der Waals surface area contributed by atoms with Crippen molar-refractivity contribution in [2.24, 2.45) is 5.10 Å². The zero-order valence-corrected chi connectivity index (χ0v) is 18.9. The van der Waals surface area contributed by atoms with E-state index in [1.807, 2.05) is 6.07 Å². The highest BCUT2D eigenvalue weighted by molar-refractivity contribution is 6.32. The van der Waals surface area contributed by atoms with E-state index < -0.39 is 11.8 Å². The molecule has 172 valence electrons. The molecule has 0 spiro atoms. The Hall–Kier alpha value is -3.98. The highest BCUT2D eigenvalue weighted by Gasteiger charge is 2.12. The number of furan rings is 1. The van der Waals surface area contributed by atoms with Gasteiger partial charge in [-0.05, 0) is 48.5 Å². The van der Waals surface area contributed by atoms with E-state index in [1.54, 1.807) is 36.4 Å². The standard InChI is InChI=1S/C23H22ClN3O6/c1-30-19-7-4-14(10-17(19)24)18-9-6-16(33-18)12-26-27-22(28)13-25-23(29)15-5-8-20(31-2)21(11-15)32-3/h4-12H,13H2,1-3H3,(H,25,29)(H,27,28)/b26-12+. The number of hydrazone groups is 1. The molecular formula is C23H22ClN3O6. The molecule has 0 aliphatic rings. The molecule has 2 amide bonds. The minimum absolute atomic E-state index is 0.266. The molecule has 0 fully saturated rings. The van der Waals surface area contributed by atoms with Crippen molar-refractivity contribution in [2.75, 3.05) is 27.9 Å². The number of benzene rings is 2. The molecule has 3 aromatic rings. The first kappa shape index (κ1) is 23.7.